The highest BCUT2D eigenvalue weighted by molar-refractivity contribution is 6.09. The highest BCUT2D eigenvalue weighted by Crippen LogP contribution is 2.46. The lowest BCUT2D eigenvalue weighted by atomic mass is 9.67. The molecule has 0 spiro atoms. The first-order valence-corrected chi connectivity index (χ1v) is 16.6. The summed E-state index contributed by atoms with van der Waals surface area (Å²) in [4.78, 5) is 4.80. The number of benzene rings is 3. The van der Waals surface area contributed by atoms with Gasteiger partial charge in [0.15, 0.2) is 0 Å². The van der Waals surface area contributed by atoms with E-state index in [1.165, 1.54) is 33.2 Å². The second-order valence-electron chi connectivity index (χ2n) is 13.7. The van der Waals surface area contributed by atoms with Crippen LogP contribution < -0.4 is 4.74 Å². The summed E-state index contributed by atoms with van der Waals surface area (Å²) in [7, 11) is 0. The lowest BCUT2D eigenvalue weighted by Gasteiger charge is -2.37. The summed E-state index contributed by atoms with van der Waals surface area (Å²) in [5, 5.41) is 7.44. The van der Waals surface area contributed by atoms with Crippen molar-refractivity contribution in [3.05, 3.63) is 119 Å². The van der Waals surface area contributed by atoms with Crippen LogP contribution in [0.15, 0.2) is 96.7 Å². The Labute approximate surface area is 272 Å². The number of pyridine rings is 1. The van der Waals surface area contributed by atoms with Gasteiger partial charge < -0.3 is 4.74 Å². The first-order chi connectivity index (χ1) is 22.1. The van der Waals surface area contributed by atoms with Crippen molar-refractivity contribution < 1.29 is 4.74 Å². The van der Waals surface area contributed by atoms with E-state index in [9.17, 15) is 0 Å². The fraction of sp³-hybridized carbons (Fsp3) is 0.317. The molecule has 3 aromatic heterocycles. The number of para-hydroxylation sites is 1. The number of aromatic nitrogens is 4. The Bertz CT molecular complexity index is 2110. The Morgan fingerprint density at radius 1 is 0.761 bits per heavy atom. The fourth-order valence-electron chi connectivity index (χ4n) is 7.71. The predicted octanol–water partition coefficient (Wildman–Crippen LogP) is 10.8. The topological polar surface area (TPSA) is 44.9 Å². The van der Waals surface area contributed by atoms with Gasteiger partial charge in [0.1, 0.15) is 17.3 Å². The molecule has 46 heavy (non-hydrogen) atoms. The van der Waals surface area contributed by atoms with E-state index in [0.29, 0.717) is 29.6 Å². The van der Waals surface area contributed by atoms with Gasteiger partial charge in [-0.1, -0.05) is 70.5 Å². The minimum absolute atomic E-state index is 0.383. The summed E-state index contributed by atoms with van der Waals surface area (Å²) in [5.74, 6) is 5.04. The fourth-order valence-corrected chi connectivity index (χ4v) is 7.71. The van der Waals surface area contributed by atoms with Gasteiger partial charge in [-0.25, -0.2) is 9.67 Å². The Kier molecular flexibility index (Phi) is 7.59. The highest BCUT2D eigenvalue weighted by atomic mass is 16.5. The number of hydrogen-bond donors (Lipinski definition) is 0. The second-order valence-corrected chi connectivity index (χ2v) is 13.7. The third-order valence-corrected chi connectivity index (χ3v) is 10.5. The molecule has 0 saturated heterocycles. The molecule has 7 rings (SSSR count). The van der Waals surface area contributed by atoms with Crippen LogP contribution in [0.4, 0.5) is 0 Å². The second kappa shape index (κ2) is 11.6. The van der Waals surface area contributed by atoms with Crippen molar-refractivity contribution in [2.45, 2.75) is 67.2 Å². The van der Waals surface area contributed by atoms with E-state index in [0.717, 1.165) is 39.7 Å². The lowest BCUT2D eigenvalue weighted by Crippen LogP contribution is -2.28. The van der Waals surface area contributed by atoms with Crippen LogP contribution in [-0.2, 0) is 0 Å². The standard InChI is InChI=1S/C41H44N4O/c1-24(2)31-18-19-42-39(21-31)44-37-15-10-9-14-35(37)36-17-16-34(23-38(36)44)46-33-13-11-12-32(22-33)45-30(8)41(29(7)43-45)40-26(4)20-25(3)27(5)28(40)6/h9-25,27-28,40H,1-8H3/t25-,27-,28-,40?/m0/s1. The largest absolute Gasteiger partial charge is 0.457 e. The Morgan fingerprint density at radius 2 is 1.52 bits per heavy atom. The maximum absolute atomic E-state index is 6.57. The highest BCUT2D eigenvalue weighted by Gasteiger charge is 2.35. The smallest absolute Gasteiger partial charge is 0.137 e. The summed E-state index contributed by atoms with van der Waals surface area (Å²) < 4.78 is 10.9. The molecule has 0 aliphatic heterocycles. The minimum Gasteiger partial charge on any atom is -0.457 e. The molecule has 1 aliphatic carbocycles. The van der Waals surface area contributed by atoms with E-state index in [2.05, 4.69) is 144 Å². The maximum atomic E-state index is 6.57. The third kappa shape index (κ3) is 5.02. The van der Waals surface area contributed by atoms with Crippen LogP contribution in [-0.4, -0.2) is 19.3 Å². The van der Waals surface area contributed by atoms with E-state index in [1.54, 1.807) is 0 Å². The molecule has 3 aromatic carbocycles. The summed E-state index contributed by atoms with van der Waals surface area (Å²) in [5.41, 5.74) is 9.58. The Morgan fingerprint density at radius 3 is 2.33 bits per heavy atom. The monoisotopic (exact) mass is 608 g/mol. The molecule has 0 saturated carbocycles. The number of nitrogens with zero attached hydrogens (tertiary/aromatic N) is 4. The first-order valence-electron chi connectivity index (χ1n) is 16.6. The Hall–Kier alpha value is -4.64. The summed E-state index contributed by atoms with van der Waals surface area (Å²) in [6.45, 7) is 18.2. The van der Waals surface area contributed by atoms with Gasteiger partial charge in [0.2, 0.25) is 0 Å². The minimum atomic E-state index is 0.383. The van der Waals surface area contributed by atoms with E-state index in [4.69, 9.17) is 14.8 Å². The number of allylic oxidation sites excluding steroid dienone is 2. The van der Waals surface area contributed by atoms with Crippen molar-refractivity contribution in [1.29, 1.82) is 0 Å². The molecule has 0 N–H and O–H groups in total. The maximum Gasteiger partial charge on any atom is 0.137 e. The van der Waals surface area contributed by atoms with Gasteiger partial charge in [0.25, 0.3) is 0 Å². The summed E-state index contributed by atoms with van der Waals surface area (Å²) in [6.07, 6.45) is 4.38. The zero-order valence-corrected chi connectivity index (χ0v) is 28.2. The quantitative estimate of drug-likeness (QED) is 0.177. The van der Waals surface area contributed by atoms with Gasteiger partial charge >= 0.3 is 0 Å². The van der Waals surface area contributed by atoms with Gasteiger partial charge in [0.05, 0.1) is 22.4 Å². The molecule has 4 atom stereocenters. The molecule has 3 heterocycles. The molecular weight excluding hydrogens is 564 g/mol. The summed E-state index contributed by atoms with van der Waals surface area (Å²) >= 11 is 0. The summed E-state index contributed by atoms with van der Waals surface area (Å²) in [6, 6.07) is 27.5. The van der Waals surface area contributed by atoms with Crippen LogP contribution in [0.5, 0.6) is 11.5 Å². The van der Waals surface area contributed by atoms with Crippen molar-refractivity contribution in [1.82, 2.24) is 19.3 Å². The predicted molar refractivity (Wildman–Crippen MR) is 190 cm³/mol. The lowest BCUT2D eigenvalue weighted by molar-refractivity contribution is 0.268. The van der Waals surface area contributed by atoms with Crippen molar-refractivity contribution in [3.8, 4) is 23.0 Å². The van der Waals surface area contributed by atoms with Crippen molar-refractivity contribution in [3.63, 3.8) is 0 Å². The third-order valence-electron chi connectivity index (χ3n) is 10.5. The molecule has 5 nitrogen and oxygen atoms in total. The molecule has 6 aromatic rings. The van der Waals surface area contributed by atoms with Crippen LogP contribution in [0, 0.1) is 31.6 Å². The zero-order chi connectivity index (χ0) is 32.3. The zero-order valence-electron chi connectivity index (χ0n) is 28.2. The van der Waals surface area contributed by atoms with E-state index in [-0.39, 0.29) is 0 Å². The van der Waals surface area contributed by atoms with Crippen LogP contribution in [0.1, 0.15) is 75.9 Å². The average molecular weight is 609 g/mol. The molecule has 1 aliphatic rings. The number of ether oxygens (including phenoxy) is 1. The number of aryl methyl sites for hydroxylation is 1. The van der Waals surface area contributed by atoms with Crippen LogP contribution in [0.25, 0.3) is 33.3 Å². The number of fused-ring (bicyclic) bond motifs is 3. The van der Waals surface area contributed by atoms with Gasteiger partial charge in [-0.2, -0.15) is 5.10 Å². The van der Waals surface area contributed by atoms with Crippen molar-refractivity contribution >= 4 is 21.8 Å². The van der Waals surface area contributed by atoms with Crippen LogP contribution in [0.3, 0.4) is 0 Å². The van der Waals surface area contributed by atoms with Crippen LogP contribution in [0.2, 0.25) is 0 Å². The first kappa shape index (κ1) is 30.0. The molecule has 1 unspecified atom stereocenters. The molecular formula is C41H44N4O. The normalized spacial score (nSPS) is 20.1. The van der Waals surface area contributed by atoms with E-state index in [1.807, 2.05) is 12.3 Å². The van der Waals surface area contributed by atoms with Gasteiger partial charge in [-0.05, 0) is 92.5 Å². The molecule has 0 bridgehead atoms. The molecule has 0 fully saturated rings. The molecule has 234 valence electrons. The van der Waals surface area contributed by atoms with Crippen LogP contribution >= 0.6 is 0 Å². The molecule has 0 amide bonds. The van der Waals surface area contributed by atoms with Gasteiger partial charge in [0, 0.05) is 46.3 Å². The van der Waals surface area contributed by atoms with Crippen molar-refractivity contribution in [2.24, 2.45) is 17.8 Å². The number of rotatable bonds is 6. The van der Waals surface area contributed by atoms with Crippen molar-refractivity contribution in [2.75, 3.05) is 0 Å². The van der Waals surface area contributed by atoms with E-state index < -0.39 is 0 Å². The van der Waals surface area contributed by atoms with E-state index >= 15 is 0 Å². The SMILES string of the molecule is CC1=C[C@H](C)[C@H](C)[C@H](C)C1c1c(C)nn(-c2cccc(Oc3ccc4c5ccccc5n(-c5cc(C(C)C)ccn5)c4c3)c2)c1C. The molecule has 0 radical (unpaired) electrons. The molecule has 5 heteroatoms. The van der Waals surface area contributed by atoms with Gasteiger partial charge in [-0.15, -0.1) is 0 Å². The average Bonchev–Trinajstić information content (AvgIpc) is 3.53. The number of hydrogen-bond acceptors (Lipinski definition) is 3. The van der Waals surface area contributed by atoms with Gasteiger partial charge in [-0.3, -0.25) is 4.57 Å². The Balaban J connectivity index is 1.26.